The molecule has 0 unspecified atom stereocenters. The molecule has 0 fully saturated rings. The Morgan fingerprint density at radius 2 is 1.86 bits per heavy atom. The van der Waals surface area contributed by atoms with Crippen LogP contribution in [0.1, 0.15) is 31.1 Å². The van der Waals surface area contributed by atoms with Crippen LogP contribution in [0.3, 0.4) is 0 Å². The number of anilines is 1. The summed E-state index contributed by atoms with van der Waals surface area (Å²) < 4.78 is 0. The fourth-order valence-corrected chi connectivity index (χ4v) is 1.72. The Bertz CT molecular complexity index is 536. The van der Waals surface area contributed by atoms with Crippen LogP contribution in [0.4, 0.5) is 5.69 Å². The maximum Gasteiger partial charge on any atom is 0.253 e. The molecule has 0 saturated heterocycles. The highest BCUT2D eigenvalue weighted by molar-refractivity contribution is 6.33. The molecule has 5 nitrogen and oxygen atoms in total. The van der Waals surface area contributed by atoms with E-state index in [4.69, 9.17) is 11.6 Å². The van der Waals surface area contributed by atoms with Gasteiger partial charge in [0.2, 0.25) is 5.91 Å². The normalized spacial score (nSPS) is 11.1. The monoisotopic (exact) mass is 311 g/mol. The van der Waals surface area contributed by atoms with Crippen molar-refractivity contribution < 1.29 is 9.59 Å². The van der Waals surface area contributed by atoms with E-state index in [0.29, 0.717) is 16.3 Å². The number of carbonyl (C=O) groups excluding carboxylic acids is 2. The Labute approximate surface area is 130 Å². The largest absolute Gasteiger partial charge is 0.345 e. The smallest absolute Gasteiger partial charge is 0.253 e. The van der Waals surface area contributed by atoms with Gasteiger partial charge in [-0.1, -0.05) is 11.6 Å². The second kappa shape index (κ2) is 6.91. The van der Waals surface area contributed by atoms with Crippen LogP contribution in [0.5, 0.6) is 0 Å². The lowest BCUT2D eigenvalue weighted by atomic mass is 10.1. The first-order valence-electron chi connectivity index (χ1n) is 6.66. The molecule has 2 N–H and O–H groups in total. The maximum absolute atomic E-state index is 11.9. The number of carbonyl (C=O) groups is 2. The van der Waals surface area contributed by atoms with Crippen LogP contribution in [0.25, 0.3) is 0 Å². The first kappa shape index (κ1) is 17.5. The summed E-state index contributed by atoms with van der Waals surface area (Å²) in [6, 6.07) is 4.82. The van der Waals surface area contributed by atoms with Crippen molar-refractivity contribution in [1.29, 1.82) is 0 Å². The van der Waals surface area contributed by atoms with Crippen molar-refractivity contribution in [1.82, 2.24) is 10.2 Å². The fraction of sp³-hybridized carbons (Fsp3) is 0.467. The van der Waals surface area contributed by atoms with Crippen molar-refractivity contribution >= 4 is 29.1 Å². The van der Waals surface area contributed by atoms with Gasteiger partial charge in [-0.25, -0.2) is 0 Å². The molecule has 0 heterocycles. The summed E-state index contributed by atoms with van der Waals surface area (Å²) in [5.41, 5.74) is 0.762. The van der Waals surface area contributed by atoms with Crippen molar-refractivity contribution in [2.45, 2.75) is 26.3 Å². The molecule has 1 aromatic carbocycles. The minimum Gasteiger partial charge on any atom is -0.345 e. The lowest BCUT2D eigenvalue weighted by Crippen LogP contribution is -2.41. The summed E-state index contributed by atoms with van der Waals surface area (Å²) in [6.07, 6.45) is 0. The Morgan fingerprint density at radius 1 is 1.24 bits per heavy atom. The zero-order chi connectivity index (χ0) is 16.2. The summed E-state index contributed by atoms with van der Waals surface area (Å²) in [6.45, 7) is 6.10. The molecular weight excluding hydrogens is 290 g/mol. The second-order valence-electron chi connectivity index (χ2n) is 6.05. The summed E-state index contributed by atoms with van der Waals surface area (Å²) >= 11 is 6.05. The Kier molecular flexibility index (Phi) is 5.75. The third kappa shape index (κ3) is 5.73. The lowest BCUT2D eigenvalue weighted by molar-refractivity contribution is -0.115. The summed E-state index contributed by atoms with van der Waals surface area (Å²) in [5.74, 6) is -0.351. The molecule has 0 radical (unpaired) electrons. The van der Waals surface area contributed by atoms with Gasteiger partial charge in [0.25, 0.3) is 5.91 Å². The van der Waals surface area contributed by atoms with Crippen LogP contribution in [0.2, 0.25) is 5.02 Å². The molecule has 2 amide bonds. The zero-order valence-electron chi connectivity index (χ0n) is 13.1. The van der Waals surface area contributed by atoms with Crippen molar-refractivity contribution in [3.8, 4) is 0 Å². The first-order valence-corrected chi connectivity index (χ1v) is 7.04. The second-order valence-corrected chi connectivity index (χ2v) is 6.45. The maximum atomic E-state index is 11.9. The third-order valence-corrected chi connectivity index (χ3v) is 3.00. The van der Waals surface area contributed by atoms with Gasteiger partial charge in [-0.2, -0.15) is 0 Å². The van der Waals surface area contributed by atoms with Crippen LogP contribution in [-0.4, -0.2) is 42.9 Å². The Hall–Kier alpha value is -1.59. The molecule has 1 aromatic rings. The third-order valence-electron chi connectivity index (χ3n) is 2.67. The standard InChI is InChI=1S/C15H22ClN3O2/c1-15(2,3)17-9-13(20)18-12-8-10(6-7-11(12)16)14(21)19(4)5/h6-8,17H,9H2,1-5H3,(H,18,20). The van der Waals surface area contributed by atoms with E-state index in [1.165, 1.54) is 4.90 Å². The molecule has 21 heavy (non-hydrogen) atoms. The van der Waals surface area contributed by atoms with Crippen molar-refractivity contribution in [3.05, 3.63) is 28.8 Å². The molecule has 0 bridgehead atoms. The van der Waals surface area contributed by atoms with Gasteiger partial charge in [0.15, 0.2) is 0 Å². The molecule has 0 aliphatic heterocycles. The number of rotatable bonds is 4. The number of nitrogens with zero attached hydrogens (tertiary/aromatic N) is 1. The zero-order valence-corrected chi connectivity index (χ0v) is 13.8. The number of benzene rings is 1. The van der Waals surface area contributed by atoms with Gasteiger partial charge in [-0.05, 0) is 39.0 Å². The van der Waals surface area contributed by atoms with E-state index in [0.717, 1.165) is 0 Å². The van der Waals surface area contributed by atoms with Crippen LogP contribution in [0, 0.1) is 0 Å². The summed E-state index contributed by atoms with van der Waals surface area (Å²) in [7, 11) is 3.34. The average molecular weight is 312 g/mol. The van der Waals surface area contributed by atoms with E-state index in [1.807, 2.05) is 20.8 Å². The Balaban J connectivity index is 2.81. The van der Waals surface area contributed by atoms with Gasteiger partial charge in [-0.15, -0.1) is 0 Å². The predicted molar refractivity (Wildman–Crippen MR) is 85.9 cm³/mol. The molecule has 0 atom stereocenters. The SMILES string of the molecule is CN(C)C(=O)c1ccc(Cl)c(NC(=O)CNC(C)(C)C)c1. The van der Waals surface area contributed by atoms with Gasteiger partial charge in [0, 0.05) is 25.2 Å². The van der Waals surface area contributed by atoms with E-state index in [2.05, 4.69) is 10.6 Å². The van der Waals surface area contributed by atoms with Crippen LogP contribution >= 0.6 is 11.6 Å². The minimum atomic E-state index is -0.207. The molecule has 0 saturated carbocycles. The fourth-order valence-electron chi connectivity index (χ4n) is 1.55. The van der Waals surface area contributed by atoms with E-state index < -0.39 is 0 Å². The highest BCUT2D eigenvalue weighted by Gasteiger charge is 2.14. The number of hydrogen-bond donors (Lipinski definition) is 2. The average Bonchev–Trinajstić information content (AvgIpc) is 2.37. The molecule has 0 aliphatic carbocycles. The molecule has 0 aliphatic rings. The van der Waals surface area contributed by atoms with Crippen molar-refractivity contribution in [2.24, 2.45) is 0 Å². The van der Waals surface area contributed by atoms with Gasteiger partial charge in [0.05, 0.1) is 17.3 Å². The molecule has 6 heteroatoms. The molecule has 1 rings (SSSR count). The molecule has 116 valence electrons. The number of amides is 2. The molecule has 0 aromatic heterocycles. The summed E-state index contributed by atoms with van der Waals surface area (Å²) in [4.78, 5) is 25.3. The topological polar surface area (TPSA) is 61.4 Å². The number of halogens is 1. The molecular formula is C15H22ClN3O2. The van der Waals surface area contributed by atoms with Gasteiger partial charge in [0.1, 0.15) is 0 Å². The Morgan fingerprint density at radius 3 is 2.38 bits per heavy atom. The van der Waals surface area contributed by atoms with Crippen molar-refractivity contribution in [2.75, 3.05) is 26.0 Å². The summed E-state index contributed by atoms with van der Waals surface area (Å²) in [5, 5.41) is 6.20. The first-order chi connectivity index (χ1) is 9.60. The van der Waals surface area contributed by atoms with E-state index in [9.17, 15) is 9.59 Å². The van der Waals surface area contributed by atoms with E-state index in [1.54, 1.807) is 32.3 Å². The van der Waals surface area contributed by atoms with Crippen LogP contribution < -0.4 is 10.6 Å². The lowest BCUT2D eigenvalue weighted by Gasteiger charge is -2.20. The van der Waals surface area contributed by atoms with Crippen LogP contribution in [-0.2, 0) is 4.79 Å². The van der Waals surface area contributed by atoms with Crippen molar-refractivity contribution in [3.63, 3.8) is 0 Å². The molecule has 0 spiro atoms. The predicted octanol–water partition coefficient (Wildman–Crippen LogP) is 2.37. The minimum absolute atomic E-state index is 0.144. The highest BCUT2D eigenvalue weighted by Crippen LogP contribution is 2.23. The van der Waals surface area contributed by atoms with Gasteiger partial charge < -0.3 is 15.5 Å². The van der Waals surface area contributed by atoms with Gasteiger partial charge in [-0.3, -0.25) is 9.59 Å². The van der Waals surface area contributed by atoms with Gasteiger partial charge >= 0.3 is 0 Å². The number of nitrogens with one attached hydrogen (secondary N) is 2. The van der Waals surface area contributed by atoms with Crippen LogP contribution in [0.15, 0.2) is 18.2 Å². The quantitative estimate of drug-likeness (QED) is 0.897. The van der Waals surface area contributed by atoms with E-state index in [-0.39, 0.29) is 23.9 Å². The number of hydrogen-bond acceptors (Lipinski definition) is 3. The highest BCUT2D eigenvalue weighted by atomic mass is 35.5. The van der Waals surface area contributed by atoms with E-state index >= 15 is 0 Å².